The van der Waals surface area contributed by atoms with E-state index in [2.05, 4.69) is 43.7 Å². The van der Waals surface area contributed by atoms with Gasteiger partial charge in [-0.2, -0.15) is 0 Å². The van der Waals surface area contributed by atoms with Crippen molar-refractivity contribution in [3.8, 4) is 0 Å². The van der Waals surface area contributed by atoms with Crippen LogP contribution in [0.1, 0.15) is 30.5 Å². The number of para-hydroxylation sites is 2. The van der Waals surface area contributed by atoms with Crippen LogP contribution in [-0.4, -0.2) is 15.3 Å². The van der Waals surface area contributed by atoms with Crippen LogP contribution in [0.15, 0.2) is 83.0 Å². The first-order chi connectivity index (χ1) is 13.0. The van der Waals surface area contributed by atoms with Crippen molar-refractivity contribution in [2.45, 2.75) is 27.7 Å². The third-order valence-electron chi connectivity index (χ3n) is 3.87. The molecular formula is C23H24CoN3. The average molecular weight is 401 g/mol. The molecule has 0 amide bonds. The predicted molar refractivity (Wildman–Crippen MR) is 111 cm³/mol. The molecule has 0 aliphatic carbocycles. The van der Waals surface area contributed by atoms with Crippen LogP contribution in [0.25, 0.3) is 0 Å². The maximum atomic E-state index is 4.61. The Kier molecular flexibility index (Phi) is 8.11. The number of nitrogens with zero attached hydrogens (tertiary/aromatic N) is 3. The molecule has 3 nitrogen and oxygen atoms in total. The quantitative estimate of drug-likeness (QED) is 0.487. The molecule has 3 rings (SSSR count). The topological polar surface area (TPSA) is 37.6 Å². The van der Waals surface area contributed by atoms with Crippen LogP contribution in [0, 0.1) is 13.8 Å². The number of aliphatic imine (C=N–C) groups is 2. The minimum atomic E-state index is 0.784. The van der Waals surface area contributed by atoms with Gasteiger partial charge >= 0.3 is 74.7 Å². The fourth-order valence-electron chi connectivity index (χ4n) is 2.36. The van der Waals surface area contributed by atoms with Crippen molar-refractivity contribution in [3.63, 3.8) is 0 Å². The summed E-state index contributed by atoms with van der Waals surface area (Å²) >= 11 is 4.15. The molecule has 0 bridgehead atoms. The number of pyridine rings is 1. The standard InChI is InChI=1S/C14H14N2.C9H10N.Co/c1-11-6-3-4-8-14(11)16-12(2)13-7-5-9-15-10-13;1-3-10-9-7-5-4-6-8(9)2;/h3-10H,1-2H3;4-7H,1-2H3;. The first kappa shape index (κ1) is 20.7. The van der Waals surface area contributed by atoms with E-state index in [4.69, 9.17) is 0 Å². The number of aryl methyl sites for hydroxylation is 2. The number of rotatable bonds is 3. The average Bonchev–Trinajstić information content (AvgIpc) is 2.66. The Balaban J connectivity index is 0.000000208. The van der Waals surface area contributed by atoms with E-state index in [0.717, 1.165) is 27.3 Å². The van der Waals surface area contributed by atoms with Crippen molar-refractivity contribution in [2.24, 2.45) is 9.98 Å². The number of hydrogen-bond acceptors (Lipinski definition) is 3. The molecule has 0 saturated carbocycles. The molecule has 140 valence electrons. The Hall–Kier alpha value is -2.56. The second-order valence-corrected chi connectivity index (χ2v) is 6.84. The van der Waals surface area contributed by atoms with Gasteiger partial charge in [0.1, 0.15) is 0 Å². The van der Waals surface area contributed by atoms with Gasteiger partial charge in [-0.15, -0.1) is 0 Å². The number of aromatic nitrogens is 1. The fraction of sp³-hybridized carbons (Fsp3) is 0.174. The second kappa shape index (κ2) is 10.6. The van der Waals surface area contributed by atoms with Crippen molar-refractivity contribution in [3.05, 3.63) is 89.7 Å². The molecule has 3 aromatic rings. The third-order valence-corrected chi connectivity index (χ3v) is 3.98. The van der Waals surface area contributed by atoms with E-state index in [1.54, 1.807) is 6.20 Å². The predicted octanol–water partition coefficient (Wildman–Crippen LogP) is 6.12. The van der Waals surface area contributed by atoms with Crippen LogP contribution in [-0.2, 0) is 15.7 Å². The molecule has 0 saturated heterocycles. The minimum absolute atomic E-state index is 0.784. The van der Waals surface area contributed by atoms with E-state index in [0.29, 0.717) is 0 Å². The number of benzene rings is 2. The maximum absolute atomic E-state index is 4.61. The zero-order valence-corrected chi connectivity index (χ0v) is 17.1. The van der Waals surface area contributed by atoms with Gasteiger partial charge in [0.2, 0.25) is 0 Å². The zero-order chi connectivity index (χ0) is 19.6. The molecular weight excluding hydrogens is 377 g/mol. The first-order valence-electron chi connectivity index (χ1n) is 8.73. The summed E-state index contributed by atoms with van der Waals surface area (Å²) in [7, 11) is 0. The summed E-state index contributed by atoms with van der Waals surface area (Å²) in [6.07, 6.45) is 3.60. The Morgan fingerprint density at radius 2 is 1.33 bits per heavy atom. The zero-order valence-electron chi connectivity index (χ0n) is 16.1. The summed E-state index contributed by atoms with van der Waals surface area (Å²) in [5, 5.41) is 0. The monoisotopic (exact) mass is 401 g/mol. The van der Waals surface area contributed by atoms with Gasteiger partial charge in [0.05, 0.1) is 5.69 Å². The molecule has 0 aliphatic heterocycles. The summed E-state index contributed by atoms with van der Waals surface area (Å²) in [6, 6.07) is 20.0. The SMILES string of the molecule is CC(=Nc1ccccc1C)c1cccnc1.C[C]([Co])=Nc1ccccc1C. The summed E-state index contributed by atoms with van der Waals surface area (Å²) in [5.41, 5.74) is 6.43. The van der Waals surface area contributed by atoms with Crippen LogP contribution < -0.4 is 0 Å². The van der Waals surface area contributed by atoms with Crippen LogP contribution in [0.4, 0.5) is 11.4 Å². The van der Waals surface area contributed by atoms with Gasteiger partial charge in [-0.25, -0.2) is 0 Å². The van der Waals surface area contributed by atoms with Gasteiger partial charge in [-0.3, -0.25) is 9.98 Å². The Labute approximate surface area is 169 Å². The van der Waals surface area contributed by atoms with Crippen molar-refractivity contribution < 1.29 is 15.7 Å². The Morgan fingerprint density at radius 1 is 0.778 bits per heavy atom. The molecule has 0 radical (unpaired) electrons. The van der Waals surface area contributed by atoms with Crippen LogP contribution in [0.5, 0.6) is 0 Å². The summed E-state index contributed by atoms with van der Waals surface area (Å²) in [6.45, 7) is 7.97. The first-order valence-corrected chi connectivity index (χ1v) is 9.25. The van der Waals surface area contributed by atoms with Gasteiger partial charge in [0.25, 0.3) is 0 Å². The molecule has 2 aromatic carbocycles. The Bertz CT molecular complexity index is 927. The normalized spacial score (nSPS) is 11.6. The summed E-state index contributed by atoms with van der Waals surface area (Å²) in [5.74, 6) is 0. The molecule has 0 unspecified atom stereocenters. The van der Waals surface area contributed by atoms with Crippen molar-refractivity contribution in [1.82, 2.24) is 4.98 Å². The van der Waals surface area contributed by atoms with Crippen molar-refractivity contribution in [2.75, 3.05) is 0 Å². The van der Waals surface area contributed by atoms with Gasteiger partial charge in [0, 0.05) is 23.7 Å². The van der Waals surface area contributed by atoms with E-state index in [1.165, 1.54) is 11.1 Å². The molecule has 4 heteroatoms. The molecule has 0 spiro atoms. The van der Waals surface area contributed by atoms with Gasteiger partial charge in [0.15, 0.2) is 0 Å². The van der Waals surface area contributed by atoms with Crippen molar-refractivity contribution >= 4 is 21.7 Å². The van der Waals surface area contributed by atoms with E-state index >= 15 is 0 Å². The van der Waals surface area contributed by atoms with Gasteiger partial charge in [-0.05, 0) is 31.5 Å². The van der Waals surface area contributed by atoms with Crippen LogP contribution in [0.3, 0.4) is 0 Å². The molecule has 0 atom stereocenters. The van der Waals surface area contributed by atoms with Crippen LogP contribution in [0.2, 0.25) is 0 Å². The molecule has 0 N–H and O–H groups in total. The summed E-state index contributed by atoms with van der Waals surface area (Å²) in [4.78, 5) is 12.9. The molecule has 0 aliphatic rings. The van der Waals surface area contributed by atoms with Gasteiger partial charge < -0.3 is 0 Å². The van der Waals surface area contributed by atoms with E-state index < -0.39 is 0 Å². The molecule has 27 heavy (non-hydrogen) atoms. The summed E-state index contributed by atoms with van der Waals surface area (Å²) < 4.78 is 0.784. The fourth-order valence-corrected chi connectivity index (χ4v) is 2.49. The van der Waals surface area contributed by atoms with E-state index in [9.17, 15) is 0 Å². The van der Waals surface area contributed by atoms with Crippen LogP contribution >= 0.6 is 0 Å². The third kappa shape index (κ3) is 6.92. The van der Waals surface area contributed by atoms with E-state index in [-0.39, 0.29) is 0 Å². The molecule has 1 heterocycles. The second-order valence-electron chi connectivity index (χ2n) is 6.09. The van der Waals surface area contributed by atoms with E-state index in [1.807, 2.05) is 81.6 Å². The van der Waals surface area contributed by atoms with Gasteiger partial charge in [-0.1, -0.05) is 24.3 Å². The molecule has 1 aromatic heterocycles. The molecule has 0 fully saturated rings. The number of hydrogen-bond donors (Lipinski definition) is 0. The Morgan fingerprint density at radius 3 is 1.81 bits per heavy atom. The van der Waals surface area contributed by atoms with Crippen molar-refractivity contribution in [1.29, 1.82) is 0 Å².